The van der Waals surface area contributed by atoms with Gasteiger partial charge in [-0.25, -0.2) is 0 Å². The maximum absolute atomic E-state index is 10.5. The van der Waals surface area contributed by atoms with Gasteiger partial charge in [-0.05, 0) is 12.8 Å². The minimum absolute atomic E-state index is 0.144. The van der Waals surface area contributed by atoms with Crippen LogP contribution in [-0.2, 0) is 14.3 Å². The molecule has 0 aliphatic rings. The molecule has 62 valence electrons. The Morgan fingerprint density at radius 2 is 1.70 bits per heavy atom. The van der Waals surface area contributed by atoms with Crippen molar-refractivity contribution in [1.82, 2.24) is 0 Å². The van der Waals surface area contributed by atoms with E-state index in [1.54, 1.807) is 0 Å². The number of rotatable bonds is 4. The molecular weight excluding hydrogens is 152 g/mol. The first-order valence-electron chi connectivity index (χ1n) is 3.37. The Kier molecular flexibility index (Phi) is 3.89. The Morgan fingerprint density at radius 1 is 1.30 bits per heavy atom. The van der Waals surface area contributed by atoms with E-state index in [-0.39, 0.29) is 6.10 Å². The van der Waals surface area contributed by atoms with Crippen LogP contribution in [0.5, 0.6) is 0 Å². The van der Waals surface area contributed by atoms with Gasteiger partial charge in [-0.1, -0.05) is 13.8 Å². The van der Waals surface area contributed by atoms with Crippen molar-refractivity contribution in [2.75, 3.05) is 6.26 Å². The van der Waals surface area contributed by atoms with Crippen molar-refractivity contribution in [1.29, 1.82) is 0 Å². The average molecular weight is 166 g/mol. The predicted octanol–water partition coefficient (Wildman–Crippen LogP) is 1.15. The van der Waals surface area contributed by atoms with Gasteiger partial charge in [-0.2, -0.15) is 8.42 Å². The molecule has 0 aromatic rings. The van der Waals surface area contributed by atoms with E-state index in [2.05, 4.69) is 0 Å². The van der Waals surface area contributed by atoms with E-state index in [0.717, 1.165) is 19.1 Å². The lowest BCUT2D eigenvalue weighted by atomic mass is 10.2. The van der Waals surface area contributed by atoms with Gasteiger partial charge in [0, 0.05) is 0 Å². The van der Waals surface area contributed by atoms with Gasteiger partial charge in [-0.15, -0.1) is 0 Å². The van der Waals surface area contributed by atoms with E-state index in [0.29, 0.717) is 0 Å². The summed E-state index contributed by atoms with van der Waals surface area (Å²) < 4.78 is 25.8. The van der Waals surface area contributed by atoms with Crippen LogP contribution in [0.3, 0.4) is 0 Å². The summed E-state index contributed by atoms with van der Waals surface area (Å²) in [7, 11) is -3.25. The van der Waals surface area contributed by atoms with Gasteiger partial charge in [0.05, 0.1) is 12.4 Å². The molecule has 0 spiro atoms. The van der Waals surface area contributed by atoms with Crippen molar-refractivity contribution >= 4 is 10.1 Å². The topological polar surface area (TPSA) is 43.4 Å². The molecule has 0 bridgehead atoms. The van der Waals surface area contributed by atoms with E-state index in [1.165, 1.54) is 0 Å². The third-order valence-electron chi connectivity index (χ3n) is 1.22. The summed E-state index contributed by atoms with van der Waals surface area (Å²) >= 11 is 0. The van der Waals surface area contributed by atoms with Crippen LogP contribution in [0, 0.1) is 0 Å². The van der Waals surface area contributed by atoms with E-state index < -0.39 is 10.1 Å². The highest BCUT2D eigenvalue weighted by Gasteiger charge is 2.10. The zero-order valence-corrected chi connectivity index (χ0v) is 7.44. The largest absolute Gasteiger partial charge is 0.267 e. The van der Waals surface area contributed by atoms with Crippen LogP contribution in [0.15, 0.2) is 0 Å². The maximum Gasteiger partial charge on any atom is 0.264 e. The smallest absolute Gasteiger partial charge is 0.264 e. The molecule has 3 nitrogen and oxygen atoms in total. The van der Waals surface area contributed by atoms with Crippen LogP contribution in [-0.4, -0.2) is 20.8 Å². The van der Waals surface area contributed by atoms with Crippen molar-refractivity contribution in [2.45, 2.75) is 32.8 Å². The minimum atomic E-state index is -3.25. The van der Waals surface area contributed by atoms with Crippen molar-refractivity contribution in [2.24, 2.45) is 0 Å². The number of hydrogen-bond acceptors (Lipinski definition) is 3. The quantitative estimate of drug-likeness (QED) is 0.588. The van der Waals surface area contributed by atoms with E-state index in [1.807, 2.05) is 13.8 Å². The minimum Gasteiger partial charge on any atom is -0.267 e. The molecule has 0 saturated heterocycles. The molecule has 0 rings (SSSR count). The summed E-state index contributed by atoms with van der Waals surface area (Å²) in [5.41, 5.74) is 0. The summed E-state index contributed by atoms with van der Waals surface area (Å²) in [6, 6.07) is 0. The summed E-state index contributed by atoms with van der Waals surface area (Å²) in [5, 5.41) is 0. The molecule has 0 amide bonds. The molecule has 0 aliphatic carbocycles. The summed E-state index contributed by atoms with van der Waals surface area (Å²) in [6.07, 6.45) is 2.41. The summed E-state index contributed by atoms with van der Waals surface area (Å²) in [4.78, 5) is 0. The van der Waals surface area contributed by atoms with Gasteiger partial charge < -0.3 is 0 Å². The molecule has 0 unspecified atom stereocenters. The van der Waals surface area contributed by atoms with E-state index >= 15 is 0 Å². The molecule has 0 aromatic carbocycles. The molecule has 0 fully saturated rings. The monoisotopic (exact) mass is 166 g/mol. The molecule has 0 saturated carbocycles. The fourth-order valence-electron chi connectivity index (χ4n) is 0.672. The first-order chi connectivity index (χ1) is 4.49. The first-order valence-corrected chi connectivity index (χ1v) is 5.19. The van der Waals surface area contributed by atoms with Crippen LogP contribution < -0.4 is 0 Å². The maximum atomic E-state index is 10.5. The molecule has 10 heavy (non-hydrogen) atoms. The Labute approximate surface area is 62.5 Å². The fraction of sp³-hybridized carbons (Fsp3) is 1.00. The van der Waals surface area contributed by atoms with Crippen LogP contribution >= 0.6 is 0 Å². The molecule has 0 atom stereocenters. The summed E-state index contributed by atoms with van der Waals surface area (Å²) in [5.74, 6) is 0. The normalized spacial score (nSPS) is 12.4. The van der Waals surface area contributed by atoms with Gasteiger partial charge in [0.2, 0.25) is 0 Å². The van der Waals surface area contributed by atoms with Gasteiger partial charge in [-0.3, -0.25) is 4.18 Å². The fourth-order valence-corrected chi connectivity index (χ4v) is 1.44. The highest BCUT2D eigenvalue weighted by Crippen LogP contribution is 2.05. The van der Waals surface area contributed by atoms with Crippen molar-refractivity contribution in [3.8, 4) is 0 Å². The molecule has 4 heteroatoms. The molecular formula is C6H14O3S. The van der Waals surface area contributed by atoms with E-state index in [4.69, 9.17) is 4.18 Å². The van der Waals surface area contributed by atoms with Gasteiger partial charge in [0.1, 0.15) is 0 Å². The van der Waals surface area contributed by atoms with Gasteiger partial charge in [0.15, 0.2) is 0 Å². The van der Waals surface area contributed by atoms with Crippen LogP contribution in [0.25, 0.3) is 0 Å². The third kappa shape index (κ3) is 4.76. The van der Waals surface area contributed by atoms with Gasteiger partial charge >= 0.3 is 0 Å². The second kappa shape index (κ2) is 3.93. The Morgan fingerprint density at radius 3 is 1.80 bits per heavy atom. The second-order valence-corrected chi connectivity index (χ2v) is 3.84. The zero-order valence-electron chi connectivity index (χ0n) is 6.62. The highest BCUT2D eigenvalue weighted by molar-refractivity contribution is 7.86. The number of hydrogen-bond donors (Lipinski definition) is 0. The van der Waals surface area contributed by atoms with Crippen molar-refractivity contribution in [3.05, 3.63) is 0 Å². The van der Waals surface area contributed by atoms with Crippen molar-refractivity contribution < 1.29 is 12.6 Å². The third-order valence-corrected chi connectivity index (χ3v) is 1.84. The molecule has 0 aromatic heterocycles. The first kappa shape index (κ1) is 9.91. The molecule has 0 aliphatic heterocycles. The van der Waals surface area contributed by atoms with Crippen LogP contribution in [0.2, 0.25) is 0 Å². The van der Waals surface area contributed by atoms with E-state index in [9.17, 15) is 8.42 Å². The van der Waals surface area contributed by atoms with Crippen molar-refractivity contribution in [3.63, 3.8) is 0 Å². The molecule has 0 radical (unpaired) electrons. The highest BCUT2D eigenvalue weighted by atomic mass is 32.2. The lowest BCUT2D eigenvalue weighted by molar-refractivity contribution is 0.202. The summed E-state index contributed by atoms with van der Waals surface area (Å²) in [6.45, 7) is 3.80. The molecule has 0 heterocycles. The van der Waals surface area contributed by atoms with Crippen LogP contribution in [0.1, 0.15) is 26.7 Å². The standard InChI is InChI=1S/C6H14O3S/c1-4-6(5-2)9-10(3,7)8/h6H,4-5H2,1-3H3. The van der Waals surface area contributed by atoms with Crippen LogP contribution in [0.4, 0.5) is 0 Å². The lowest BCUT2D eigenvalue weighted by Crippen LogP contribution is -2.15. The lowest BCUT2D eigenvalue weighted by Gasteiger charge is -2.10. The molecule has 0 N–H and O–H groups in total. The second-order valence-electron chi connectivity index (χ2n) is 2.24. The Bertz CT molecular complexity index is 167. The zero-order chi connectivity index (χ0) is 8.20. The SMILES string of the molecule is CCC(CC)OS(C)(=O)=O. The average Bonchev–Trinajstić information content (AvgIpc) is 1.81. The Hall–Kier alpha value is -0.0900. The van der Waals surface area contributed by atoms with Gasteiger partial charge in [0.25, 0.3) is 10.1 Å². The predicted molar refractivity (Wildman–Crippen MR) is 40.3 cm³/mol. The Balaban J connectivity index is 3.87.